The number of nitrogens with zero attached hydrogens (tertiary/aromatic N) is 1. The molecule has 6 rings (SSSR count). The number of nitrogens with one attached hydrogen (secondary N) is 2. The molecule has 33 heavy (non-hydrogen) atoms. The first-order chi connectivity index (χ1) is 15.8. The zero-order chi connectivity index (χ0) is 23.1. The molecule has 0 saturated carbocycles. The van der Waals surface area contributed by atoms with E-state index in [1.165, 1.54) is 11.8 Å². The number of aliphatic hydroxyl groups is 1. The lowest BCUT2D eigenvalue weighted by Crippen LogP contribution is -2.54. The molecule has 3 amide bonds. The van der Waals surface area contributed by atoms with Crippen LogP contribution in [-0.4, -0.2) is 46.7 Å². The third-order valence-electron chi connectivity index (χ3n) is 7.00. The van der Waals surface area contributed by atoms with Gasteiger partial charge in [0.05, 0.1) is 24.5 Å². The second-order valence-corrected chi connectivity index (χ2v) is 9.25. The number of hydrogen-bond donors (Lipinski definition) is 3. The standard InChI is InChI=1S/C23H20ClN3O6/c1-10(28)19-17-18(23(26-19)13-7-12(24)3-4-14(13)25-22(23)31)21(30)27(20(17)29)8-11-2-5-15-16(6-11)33-9-32-15/h2-7,10,17-19,26,28H,8-9H2,1H3,(H,25,31)/t10-,17+,18+,19-,23+/m1/s1. The summed E-state index contributed by atoms with van der Waals surface area (Å²) in [5.41, 5.74) is 0.222. The summed E-state index contributed by atoms with van der Waals surface area (Å²) in [6.45, 7) is 1.68. The minimum absolute atomic E-state index is 0.0218. The van der Waals surface area contributed by atoms with E-state index in [4.69, 9.17) is 21.1 Å². The first kappa shape index (κ1) is 20.5. The molecule has 5 atom stereocenters. The highest BCUT2D eigenvalue weighted by Crippen LogP contribution is 2.54. The Kier molecular flexibility index (Phi) is 4.30. The number of halogens is 1. The quantitative estimate of drug-likeness (QED) is 0.581. The Morgan fingerprint density at radius 2 is 1.94 bits per heavy atom. The minimum atomic E-state index is -1.50. The van der Waals surface area contributed by atoms with Crippen molar-refractivity contribution >= 4 is 35.0 Å². The summed E-state index contributed by atoms with van der Waals surface area (Å²) in [7, 11) is 0. The summed E-state index contributed by atoms with van der Waals surface area (Å²) >= 11 is 6.22. The van der Waals surface area contributed by atoms with Gasteiger partial charge < -0.3 is 19.9 Å². The highest BCUT2D eigenvalue weighted by Gasteiger charge is 2.71. The summed E-state index contributed by atoms with van der Waals surface area (Å²) in [6, 6.07) is 9.38. The number of aliphatic hydroxyl groups excluding tert-OH is 1. The number of benzene rings is 2. The zero-order valence-corrected chi connectivity index (χ0v) is 18.3. The van der Waals surface area contributed by atoms with Crippen molar-refractivity contribution in [1.82, 2.24) is 10.2 Å². The number of carbonyl (C=O) groups is 3. The highest BCUT2D eigenvalue weighted by atomic mass is 35.5. The van der Waals surface area contributed by atoms with Crippen LogP contribution in [0.25, 0.3) is 0 Å². The number of ether oxygens (including phenoxy) is 2. The zero-order valence-electron chi connectivity index (χ0n) is 17.5. The summed E-state index contributed by atoms with van der Waals surface area (Å²) in [5.74, 6) is -2.11. The van der Waals surface area contributed by atoms with Gasteiger partial charge in [-0.2, -0.15) is 0 Å². The van der Waals surface area contributed by atoms with Gasteiger partial charge in [-0.15, -0.1) is 0 Å². The maximum Gasteiger partial charge on any atom is 0.250 e. The summed E-state index contributed by atoms with van der Waals surface area (Å²) < 4.78 is 10.7. The Bertz CT molecular complexity index is 1230. The maximum absolute atomic E-state index is 13.7. The van der Waals surface area contributed by atoms with Gasteiger partial charge in [0.1, 0.15) is 5.54 Å². The molecule has 2 aromatic carbocycles. The number of imide groups is 1. The molecule has 4 aliphatic rings. The van der Waals surface area contributed by atoms with Gasteiger partial charge in [-0.25, -0.2) is 0 Å². The molecule has 2 fully saturated rings. The second-order valence-electron chi connectivity index (χ2n) is 8.82. The third-order valence-corrected chi connectivity index (χ3v) is 7.24. The molecule has 0 aliphatic carbocycles. The van der Waals surface area contributed by atoms with Gasteiger partial charge >= 0.3 is 0 Å². The van der Waals surface area contributed by atoms with Gasteiger partial charge in [-0.3, -0.25) is 24.6 Å². The van der Waals surface area contributed by atoms with E-state index < -0.39 is 47.2 Å². The molecule has 170 valence electrons. The summed E-state index contributed by atoms with van der Waals surface area (Å²) in [4.78, 5) is 41.7. The molecular formula is C23H20ClN3O6. The van der Waals surface area contributed by atoms with Crippen molar-refractivity contribution in [2.75, 3.05) is 12.1 Å². The lowest BCUT2D eigenvalue weighted by molar-refractivity contribution is -0.143. The SMILES string of the molecule is C[C@@H](O)[C@H]1N[C@]2(C(=O)Nc3ccc(Cl)cc32)[C@@H]2C(=O)N(Cc3ccc4c(c3)OCO4)C(=O)[C@H]12. The fraction of sp³-hybridized carbons (Fsp3) is 0.348. The van der Waals surface area contributed by atoms with Crippen LogP contribution >= 0.6 is 11.6 Å². The number of amides is 3. The smallest absolute Gasteiger partial charge is 0.250 e. The Balaban J connectivity index is 1.42. The maximum atomic E-state index is 13.7. The Morgan fingerprint density at radius 3 is 2.73 bits per heavy atom. The lowest BCUT2D eigenvalue weighted by atomic mass is 9.76. The number of anilines is 1. The topological polar surface area (TPSA) is 117 Å². The van der Waals surface area contributed by atoms with E-state index in [-0.39, 0.29) is 13.3 Å². The molecule has 4 heterocycles. The third kappa shape index (κ3) is 2.70. The normalized spacial score (nSPS) is 30.1. The molecule has 0 aromatic heterocycles. The van der Waals surface area contributed by atoms with E-state index in [2.05, 4.69) is 10.6 Å². The number of rotatable bonds is 3. The molecule has 10 heteroatoms. The Hall–Kier alpha value is -3.14. The van der Waals surface area contributed by atoms with Crippen LogP contribution in [0.4, 0.5) is 5.69 Å². The first-order valence-electron chi connectivity index (χ1n) is 10.6. The Labute approximate surface area is 193 Å². The van der Waals surface area contributed by atoms with Crippen LogP contribution in [0.15, 0.2) is 36.4 Å². The van der Waals surface area contributed by atoms with Crippen molar-refractivity contribution in [3.8, 4) is 11.5 Å². The predicted molar refractivity (Wildman–Crippen MR) is 115 cm³/mol. The molecule has 2 aromatic rings. The van der Waals surface area contributed by atoms with E-state index in [9.17, 15) is 19.5 Å². The fourth-order valence-electron chi connectivity index (χ4n) is 5.56. The number of fused-ring (bicyclic) bond motifs is 5. The van der Waals surface area contributed by atoms with Gasteiger partial charge in [0.25, 0.3) is 0 Å². The average molecular weight is 470 g/mol. The monoisotopic (exact) mass is 469 g/mol. The molecular weight excluding hydrogens is 450 g/mol. The van der Waals surface area contributed by atoms with Crippen LogP contribution in [0.2, 0.25) is 5.02 Å². The number of hydrogen-bond acceptors (Lipinski definition) is 7. The number of likely N-dealkylation sites (tertiary alicyclic amines) is 1. The van der Waals surface area contributed by atoms with Gasteiger partial charge in [0, 0.05) is 22.3 Å². The summed E-state index contributed by atoms with van der Waals surface area (Å²) in [6.07, 6.45) is -0.977. The van der Waals surface area contributed by atoms with E-state index in [0.29, 0.717) is 33.3 Å². The van der Waals surface area contributed by atoms with Crippen LogP contribution < -0.4 is 20.1 Å². The van der Waals surface area contributed by atoms with Crippen LogP contribution in [0, 0.1) is 11.8 Å². The van der Waals surface area contributed by atoms with E-state index in [1.54, 1.807) is 36.4 Å². The Morgan fingerprint density at radius 1 is 1.15 bits per heavy atom. The molecule has 3 N–H and O–H groups in total. The molecule has 4 aliphatic heterocycles. The van der Waals surface area contributed by atoms with Crippen LogP contribution in [0.3, 0.4) is 0 Å². The van der Waals surface area contributed by atoms with Crippen LogP contribution in [-0.2, 0) is 26.5 Å². The van der Waals surface area contributed by atoms with E-state index in [0.717, 1.165) is 0 Å². The fourth-order valence-corrected chi connectivity index (χ4v) is 5.73. The van der Waals surface area contributed by atoms with Crippen LogP contribution in [0.5, 0.6) is 11.5 Å². The molecule has 0 bridgehead atoms. The van der Waals surface area contributed by atoms with E-state index >= 15 is 0 Å². The van der Waals surface area contributed by atoms with Gasteiger partial charge in [-0.1, -0.05) is 17.7 Å². The molecule has 1 spiro atoms. The molecule has 0 unspecified atom stereocenters. The van der Waals surface area contributed by atoms with E-state index in [1.807, 2.05) is 0 Å². The van der Waals surface area contributed by atoms with Crippen molar-refractivity contribution in [2.24, 2.45) is 11.8 Å². The molecule has 0 radical (unpaired) electrons. The van der Waals surface area contributed by atoms with Gasteiger partial charge in [0.2, 0.25) is 24.5 Å². The minimum Gasteiger partial charge on any atom is -0.454 e. The first-order valence-corrected chi connectivity index (χ1v) is 11.0. The largest absolute Gasteiger partial charge is 0.454 e. The van der Waals surface area contributed by atoms with Gasteiger partial charge in [0.15, 0.2) is 11.5 Å². The predicted octanol–water partition coefficient (Wildman–Crippen LogP) is 1.37. The van der Waals surface area contributed by atoms with Crippen molar-refractivity contribution in [3.63, 3.8) is 0 Å². The summed E-state index contributed by atoms with van der Waals surface area (Å²) in [5, 5.41) is 16.8. The average Bonchev–Trinajstić information content (AvgIpc) is 3.51. The van der Waals surface area contributed by atoms with Gasteiger partial charge in [-0.05, 0) is 42.8 Å². The van der Waals surface area contributed by atoms with Crippen molar-refractivity contribution in [2.45, 2.75) is 31.2 Å². The molecule has 9 nitrogen and oxygen atoms in total. The second kappa shape index (κ2) is 6.93. The van der Waals surface area contributed by atoms with Crippen LogP contribution in [0.1, 0.15) is 18.1 Å². The van der Waals surface area contributed by atoms with Crippen molar-refractivity contribution in [3.05, 3.63) is 52.5 Å². The molecule has 2 saturated heterocycles. The highest BCUT2D eigenvalue weighted by molar-refractivity contribution is 6.31. The lowest BCUT2D eigenvalue weighted by Gasteiger charge is -2.30. The van der Waals surface area contributed by atoms with Crippen molar-refractivity contribution < 1.29 is 29.0 Å². The number of carbonyl (C=O) groups excluding carboxylic acids is 3. The van der Waals surface area contributed by atoms with Crippen molar-refractivity contribution in [1.29, 1.82) is 0 Å².